The second-order valence-electron chi connectivity index (χ2n) is 5.18. The summed E-state index contributed by atoms with van der Waals surface area (Å²) in [5.74, 6) is 1.34. The van der Waals surface area contributed by atoms with E-state index in [2.05, 4.69) is 6.58 Å². The largest absolute Gasteiger partial charge is 0.497 e. The number of hydrogen-bond donors (Lipinski definition) is 0. The predicted molar refractivity (Wildman–Crippen MR) is 84.0 cm³/mol. The molecule has 0 unspecified atom stereocenters. The summed E-state index contributed by atoms with van der Waals surface area (Å²) in [7, 11) is 4.79. The number of ether oxygens (including phenoxy) is 6. The lowest BCUT2D eigenvalue weighted by Crippen LogP contribution is -2.43. The lowest BCUT2D eigenvalue weighted by atomic mass is 10.1. The van der Waals surface area contributed by atoms with Crippen LogP contribution < -0.4 is 4.74 Å². The Hall–Kier alpha value is -1.60. The molecule has 1 aliphatic heterocycles. The van der Waals surface area contributed by atoms with Gasteiger partial charge in [-0.25, -0.2) is 0 Å². The Bertz CT molecular complexity index is 486. The average Bonchev–Trinajstić information content (AvgIpc) is 2.59. The van der Waals surface area contributed by atoms with E-state index in [4.69, 9.17) is 28.4 Å². The first-order chi connectivity index (χ1) is 11.2. The van der Waals surface area contributed by atoms with Gasteiger partial charge in [-0.3, -0.25) is 0 Å². The van der Waals surface area contributed by atoms with Gasteiger partial charge in [0.25, 0.3) is 0 Å². The summed E-state index contributed by atoms with van der Waals surface area (Å²) in [6.07, 6.45) is -0.434. The molecular formula is C17H24O6. The SMILES string of the molecule is C=C1O[C@H](OC)[C@@H](OCc2ccc(OC)cc2)C[C@@H]1OCOC. The first-order valence-electron chi connectivity index (χ1n) is 7.41. The molecule has 0 N–H and O–H groups in total. The first-order valence-corrected chi connectivity index (χ1v) is 7.41. The maximum atomic E-state index is 5.95. The Morgan fingerprint density at radius 3 is 2.48 bits per heavy atom. The molecule has 1 aromatic rings. The van der Waals surface area contributed by atoms with Crippen LogP contribution in [0.5, 0.6) is 5.75 Å². The van der Waals surface area contributed by atoms with Gasteiger partial charge in [0.15, 0.2) is 0 Å². The van der Waals surface area contributed by atoms with E-state index in [0.29, 0.717) is 18.8 Å². The van der Waals surface area contributed by atoms with E-state index >= 15 is 0 Å². The van der Waals surface area contributed by atoms with Crippen LogP contribution >= 0.6 is 0 Å². The van der Waals surface area contributed by atoms with Crippen molar-refractivity contribution >= 4 is 0 Å². The molecule has 1 heterocycles. The Balaban J connectivity index is 1.93. The fraction of sp³-hybridized carbons (Fsp3) is 0.529. The molecule has 2 rings (SSSR count). The summed E-state index contributed by atoms with van der Waals surface area (Å²) in [6, 6.07) is 7.72. The van der Waals surface area contributed by atoms with Gasteiger partial charge >= 0.3 is 0 Å². The van der Waals surface area contributed by atoms with Gasteiger partial charge in [-0.15, -0.1) is 0 Å². The third-order valence-electron chi connectivity index (χ3n) is 3.62. The minimum atomic E-state index is -0.497. The molecule has 0 saturated carbocycles. The van der Waals surface area contributed by atoms with Crippen molar-refractivity contribution in [2.45, 2.75) is 31.5 Å². The average molecular weight is 324 g/mol. The van der Waals surface area contributed by atoms with Crippen molar-refractivity contribution in [1.82, 2.24) is 0 Å². The van der Waals surface area contributed by atoms with E-state index in [1.807, 2.05) is 24.3 Å². The van der Waals surface area contributed by atoms with Crippen LogP contribution in [0, 0.1) is 0 Å². The highest BCUT2D eigenvalue weighted by atomic mass is 16.7. The molecule has 1 saturated heterocycles. The molecule has 128 valence electrons. The van der Waals surface area contributed by atoms with E-state index in [0.717, 1.165) is 11.3 Å². The van der Waals surface area contributed by atoms with Crippen molar-refractivity contribution in [3.8, 4) is 5.75 Å². The van der Waals surface area contributed by atoms with Crippen LogP contribution in [0.25, 0.3) is 0 Å². The summed E-state index contributed by atoms with van der Waals surface area (Å²) in [4.78, 5) is 0. The third-order valence-corrected chi connectivity index (χ3v) is 3.62. The highest BCUT2D eigenvalue weighted by molar-refractivity contribution is 5.26. The van der Waals surface area contributed by atoms with Crippen LogP contribution in [0.4, 0.5) is 0 Å². The second kappa shape index (κ2) is 8.88. The number of rotatable bonds is 8. The van der Waals surface area contributed by atoms with Crippen molar-refractivity contribution < 1.29 is 28.4 Å². The molecule has 0 amide bonds. The van der Waals surface area contributed by atoms with Gasteiger partial charge in [0.1, 0.15) is 30.5 Å². The normalized spacial score (nSPS) is 24.3. The van der Waals surface area contributed by atoms with Crippen LogP contribution in [0.2, 0.25) is 0 Å². The maximum absolute atomic E-state index is 5.95. The van der Waals surface area contributed by atoms with Crippen LogP contribution in [-0.2, 0) is 30.3 Å². The van der Waals surface area contributed by atoms with Gasteiger partial charge in [0.2, 0.25) is 6.29 Å². The summed E-state index contributed by atoms with van der Waals surface area (Å²) < 4.78 is 32.6. The molecule has 1 aliphatic rings. The van der Waals surface area contributed by atoms with Gasteiger partial charge < -0.3 is 28.4 Å². The molecule has 0 radical (unpaired) electrons. The molecule has 6 heteroatoms. The van der Waals surface area contributed by atoms with Crippen LogP contribution in [0.15, 0.2) is 36.6 Å². The van der Waals surface area contributed by atoms with Crippen molar-refractivity contribution in [2.75, 3.05) is 28.1 Å². The number of methoxy groups -OCH3 is 3. The maximum Gasteiger partial charge on any atom is 0.225 e. The Kier molecular flexibility index (Phi) is 6.85. The van der Waals surface area contributed by atoms with E-state index < -0.39 is 6.29 Å². The van der Waals surface area contributed by atoms with E-state index in [1.165, 1.54) is 0 Å². The number of hydrogen-bond acceptors (Lipinski definition) is 6. The summed E-state index contributed by atoms with van der Waals surface area (Å²) in [5.41, 5.74) is 1.04. The molecule has 0 aliphatic carbocycles. The third kappa shape index (κ3) is 4.94. The standard InChI is InChI=1S/C17H24O6/c1-12-15(22-11-18-2)9-16(17(20-4)23-12)21-10-13-5-7-14(19-3)8-6-13/h5-8,15-17H,1,9-11H2,2-4H3/t15-,16-,17-/m0/s1. The van der Waals surface area contributed by atoms with Crippen LogP contribution in [0.1, 0.15) is 12.0 Å². The molecular weight excluding hydrogens is 300 g/mol. The number of benzene rings is 1. The lowest BCUT2D eigenvalue weighted by Gasteiger charge is -2.36. The fourth-order valence-electron chi connectivity index (χ4n) is 2.34. The predicted octanol–water partition coefficient (Wildman–Crippen LogP) is 2.48. The first kappa shape index (κ1) is 17.7. The van der Waals surface area contributed by atoms with Crippen molar-refractivity contribution in [1.29, 1.82) is 0 Å². The smallest absolute Gasteiger partial charge is 0.225 e. The molecule has 0 spiro atoms. The van der Waals surface area contributed by atoms with Gasteiger partial charge in [-0.1, -0.05) is 18.7 Å². The fourth-order valence-corrected chi connectivity index (χ4v) is 2.34. The molecule has 3 atom stereocenters. The zero-order valence-corrected chi connectivity index (χ0v) is 13.8. The van der Waals surface area contributed by atoms with Gasteiger partial charge in [-0.2, -0.15) is 0 Å². The second-order valence-corrected chi connectivity index (χ2v) is 5.18. The topological polar surface area (TPSA) is 55.4 Å². The quantitative estimate of drug-likeness (QED) is 0.685. The van der Waals surface area contributed by atoms with Crippen molar-refractivity contribution in [3.05, 3.63) is 42.2 Å². The molecule has 23 heavy (non-hydrogen) atoms. The molecule has 1 fully saturated rings. The minimum absolute atomic E-state index is 0.176. The lowest BCUT2D eigenvalue weighted by molar-refractivity contribution is -0.227. The van der Waals surface area contributed by atoms with Crippen LogP contribution in [0.3, 0.4) is 0 Å². The van der Waals surface area contributed by atoms with E-state index in [9.17, 15) is 0 Å². The molecule has 0 bridgehead atoms. The Labute approximate surface area is 136 Å². The summed E-state index contributed by atoms with van der Waals surface area (Å²) in [6.45, 7) is 4.49. The highest BCUT2D eigenvalue weighted by Gasteiger charge is 2.36. The highest BCUT2D eigenvalue weighted by Crippen LogP contribution is 2.28. The van der Waals surface area contributed by atoms with E-state index in [-0.39, 0.29) is 19.0 Å². The molecule has 1 aromatic carbocycles. The van der Waals surface area contributed by atoms with Gasteiger partial charge in [0, 0.05) is 20.6 Å². The van der Waals surface area contributed by atoms with Gasteiger partial charge in [-0.05, 0) is 17.7 Å². The molecule has 6 nitrogen and oxygen atoms in total. The van der Waals surface area contributed by atoms with E-state index in [1.54, 1.807) is 21.3 Å². The zero-order valence-electron chi connectivity index (χ0n) is 13.8. The van der Waals surface area contributed by atoms with Crippen molar-refractivity contribution in [2.24, 2.45) is 0 Å². The van der Waals surface area contributed by atoms with Crippen molar-refractivity contribution in [3.63, 3.8) is 0 Å². The van der Waals surface area contributed by atoms with Gasteiger partial charge in [0.05, 0.1) is 13.7 Å². The minimum Gasteiger partial charge on any atom is -0.497 e. The molecule has 0 aromatic heterocycles. The Morgan fingerprint density at radius 1 is 1.13 bits per heavy atom. The summed E-state index contributed by atoms with van der Waals surface area (Å²) in [5, 5.41) is 0. The zero-order chi connectivity index (χ0) is 16.7. The summed E-state index contributed by atoms with van der Waals surface area (Å²) >= 11 is 0. The van der Waals surface area contributed by atoms with Crippen LogP contribution in [-0.4, -0.2) is 46.6 Å². The monoisotopic (exact) mass is 324 g/mol. The Morgan fingerprint density at radius 2 is 1.87 bits per heavy atom.